The van der Waals surface area contributed by atoms with Crippen molar-refractivity contribution in [3.8, 4) is 0 Å². The Hall–Kier alpha value is -1.88. The zero-order valence-electron chi connectivity index (χ0n) is 11.2. The van der Waals surface area contributed by atoms with Crippen molar-refractivity contribution in [2.45, 2.75) is 26.4 Å². The molecule has 19 heavy (non-hydrogen) atoms. The number of nitrogens with zero attached hydrogens (tertiary/aromatic N) is 1. The minimum atomic E-state index is -0.605. The minimum absolute atomic E-state index is 0.333. The lowest BCUT2D eigenvalue weighted by atomic mass is 10.1. The molecule has 0 aliphatic rings. The normalized spacial score (nSPS) is 12.5. The Morgan fingerprint density at radius 1 is 1.42 bits per heavy atom. The standard InChI is InChI=1S/C14H19NO4/c1-3-18-13(14(16)19-4-2)9-11-6-5-7-12(8-11)10-15-17/h5-8,10,13,17H,3-4,9H2,1-2H3/b15-10+. The topological polar surface area (TPSA) is 68.1 Å². The third-order valence-electron chi connectivity index (χ3n) is 2.50. The van der Waals surface area contributed by atoms with Crippen molar-refractivity contribution >= 4 is 12.2 Å². The molecule has 1 atom stereocenters. The number of hydrogen-bond donors (Lipinski definition) is 1. The van der Waals surface area contributed by atoms with Crippen LogP contribution in [0.1, 0.15) is 25.0 Å². The molecule has 0 heterocycles. The molecule has 0 amide bonds. The second-order valence-corrected chi connectivity index (χ2v) is 3.89. The number of ether oxygens (including phenoxy) is 2. The molecule has 0 radical (unpaired) electrons. The summed E-state index contributed by atoms with van der Waals surface area (Å²) in [4.78, 5) is 11.7. The van der Waals surface area contributed by atoms with E-state index in [2.05, 4.69) is 5.16 Å². The summed E-state index contributed by atoms with van der Waals surface area (Å²) in [6.07, 6.45) is 1.16. The number of rotatable bonds is 7. The minimum Gasteiger partial charge on any atom is -0.464 e. The summed E-state index contributed by atoms with van der Waals surface area (Å²) in [5, 5.41) is 11.5. The average Bonchev–Trinajstić information content (AvgIpc) is 2.39. The lowest BCUT2D eigenvalue weighted by Gasteiger charge is -2.15. The SMILES string of the molecule is CCOC(=O)C(Cc1cccc(/C=N/O)c1)OCC. The number of carbonyl (C=O) groups is 1. The molecule has 0 fully saturated rings. The summed E-state index contributed by atoms with van der Waals surface area (Å²) in [7, 11) is 0. The molecular weight excluding hydrogens is 246 g/mol. The van der Waals surface area contributed by atoms with E-state index in [-0.39, 0.29) is 5.97 Å². The molecule has 5 nitrogen and oxygen atoms in total. The van der Waals surface area contributed by atoms with Gasteiger partial charge in [-0.25, -0.2) is 4.79 Å². The molecule has 1 aromatic carbocycles. The van der Waals surface area contributed by atoms with E-state index in [9.17, 15) is 4.79 Å². The van der Waals surface area contributed by atoms with E-state index in [1.807, 2.05) is 31.2 Å². The second kappa shape index (κ2) is 8.26. The van der Waals surface area contributed by atoms with Crippen LogP contribution in [0.3, 0.4) is 0 Å². The molecule has 0 aliphatic carbocycles. The maximum atomic E-state index is 11.7. The van der Waals surface area contributed by atoms with Crippen molar-refractivity contribution < 1.29 is 19.5 Å². The molecule has 0 spiro atoms. The Bertz CT molecular complexity index is 431. The quantitative estimate of drug-likeness (QED) is 0.354. The van der Waals surface area contributed by atoms with Crippen LogP contribution >= 0.6 is 0 Å². The van der Waals surface area contributed by atoms with E-state index in [0.29, 0.717) is 19.6 Å². The van der Waals surface area contributed by atoms with Crippen LogP contribution in [0.4, 0.5) is 0 Å². The van der Waals surface area contributed by atoms with Gasteiger partial charge in [0.2, 0.25) is 0 Å². The predicted molar refractivity (Wildman–Crippen MR) is 71.6 cm³/mol. The van der Waals surface area contributed by atoms with Gasteiger partial charge in [-0.2, -0.15) is 0 Å². The maximum Gasteiger partial charge on any atom is 0.335 e. The highest BCUT2D eigenvalue weighted by Crippen LogP contribution is 2.10. The lowest BCUT2D eigenvalue weighted by Crippen LogP contribution is -2.29. The van der Waals surface area contributed by atoms with Crippen LogP contribution < -0.4 is 0 Å². The molecule has 0 saturated carbocycles. The van der Waals surface area contributed by atoms with Crippen molar-refractivity contribution in [1.82, 2.24) is 0 Å². The molecule has 5 heteroatoms. The molecule has 104 valence electrons. The first-order valence-corrected chi connectivity index (χ1v) is 6.25. The Morgan fingerprint density at radius 3 is 2.84 bits per heavy atom. The third kappa shape index (κ3) is 5.09. The molecule has 0 bridgehead atoms. The van der Waals surface area contributed by atoms with E-state index in [0.717, 1.165) is 11.1 Å². The van der Waals surface area contributed by atoms with Crippen LogP contribution in [0, 0.1) is 0 Å². The van der Waals surface area contributed by atoms with Gasteiger partial charge in [0.25, 0.3) is 0 Å². The van der Waals surface area contributed by atoms with E-state index >= 15 is 0 Å². The van der Waals surface area contributed by atoms with Crippen molar-refractivity contribution in [3.63, 3.8) is 0 Å². The van der Waals surface area contributed by atoms with Crippen LogP contribution in [0.5, 0.6) is 0 Å². The van der Waals surface area contributed by atoms with Crippen molar-refractivity contribution in [3.05, 3.63) is 35.4 Å². The summed E-state index contributed by atoms with van der Waals surface area (Å²) in [5.74, 6) is -0.356. The Balaban J connectivity index is 2.77. The highest BCUT2D eigenvalue weighted by Gasteiger charge is 2.20. The van der Waals surface area contributed by atoms with Gasteiger partial charge in [0.15, 0.2) is 6.10 Å². The molecular formula is C14H19NO4. The van der Waals surface area contributed by atoms with Gasteiger partial charge < -0.3 is 14.7 Å². The summed E-state index contributed by atoms with van der Waals surface area (Å²) in [6.45, 7) is 4.38. The Kier molecular flexibility index (Phi) is 6.60. The Labute approximate surface area is 112 Å². The van der Waals surface area contributed by atoms with Crippen LogP contribution in [-0.4, -0.2) is 36.7 Å². The summed E-state index contributed by atoms with van der Waals surface area (Å²) in [6, 6.07) is 7.37. The fourth-order valence-corrected chi connectivity index (χ4v) is 1.73. The van der Waals surface area contributed by atoms with Gasteiger partial charge in [-0.15, -0.1) is 0 Å². The number of hydrogen-bond acceptors (Lipinski definition) is 5. The highest BCUT2D eigenvalue weighted by molar-refractivity contribution is 5.79. The van der Waals surface area contributed by atoms with Gasteiger partial charge in [0, 0.05) is 13.0 Å². The number of esters is 1. The average molecular weight is 265 g/mol. The van der Waals surface area contributed by atoms with E-state index in [1.165, 1.54) is 6.21 Å². The summed E-state index contributed by atoms with van der Waals surface area (Å²) < 4.78 is 10.4. The van der Waals surface area contributed by atoms with E-state index in [4.69, 9.17) is 14.7 Å². The number of benzene rings is 1. The first-order valence-electron chi connectivity index (χ1n) is 6.25. The van der Waals surface area contributed by atoms with Gasteiger partial charge >= 0.3 is 5.97 Å². The van der Waals surface area contributed by atoms with Gasteiger partial charge in [-0.1, -0.05) is 23.4 Å². The van der Waals surface area contributed by atoms with Crippen molar-refractivity contribution in [2.24, 2.45) is 5.16 Å². The fourth-order valence-electron chi connectivity index (χ4n) is 1.73. The molecule has 1 aromatic rings. The van der Waals surface area contributed by atoms with E-state index < -0.39 is 6.10 Å². The fraction of sp³-hybridized carbons (Fsp3) is 0.429. The number of carbonyl (C=O) groups excluding carboxylic acids is 1. The van der Waals surface area contributed by atoms with E-state index in [1.54, 1.807) is 6.92 Å². The lowest BCUT2D eigenvalue weighted by molar-refractivity contribution is -0.156. The molecule has 1 N–H and O–H groups in total. The maximum absolute atomic E-state index is 11.7. The van der Waals surface area contributed by atoms with Gasteiger partial charge in [-0.3, -0.25) is 0 Å². The molecule has 1 rings (SSSR count). The molecule has 0 aromatic heterocycles. The smallest absolute Gasteiger partial charge is 0.335 e. The van der Waals surface area contributed by atoms with Gasteiger partial charge in [0.05, 0.1) is 12.8 Å². The third-order valence-corrected chi connectivity index (χ3v) is 2.50. The first kappa shape index (κ1) is 15.2. The van der Waals surface area contributed by atoms with Crippen molar-refractivity contribution in [1.29, 1.82) is 0 Å². The second-order valence-electron chi connectivity index (χ2n) is 3.89. The predicted octanol–water partition coefficient (Wildman–Crippen LogP) is 2.01. The van der Waals surface area contributed by atoms with Crippen LogP contribution in [-0.2, 0) is 20.7 Å². The molecule has 1 unspecified atom stereocenters. The zero-order chi connectivity index (χ0) is 14.1. The largest absolute Gasteiger partial charge is 0.464 e. The monoisotopic (exact) mass is 265 g/mol. The Morgan fingerprint density at radius 2 is 2.21 bits per heavy atom. The summed E-state index contributed by atoms with van der Waals surface area (Å²) >= 11 is 0. The molecule has 0 aliphatic heterocycles. The summed E-state index contributed by atoms with van der Waals surface area (Å²) in [5.41, 5.74) is 1.68. The van der Waals surface area contributed by atoms with Gasteiger partial charge in [-0.05, 0) is 31.0 Å². The van der Waals surface area contributed by atoms with Crippen LogP contribution in [0.15, 0.2) is 29.4 Å². The van der Waals surface area contributed by atoms with Crippen LogP contribution in [0.25, 0.3) is 0 Å². The van der Waals surface area contributed by atoms with Crippen LogP contribution in [0.2, 0.25) is 0 Å². The first-order chi connectivity index (χ1) is 9.21. The molecule has 0 saturated heterocycles. The zero-order valence-corrected chi connectivity index (χ0v) is 11.2. The van der Waals surface area contributed by atoms with Crippen molar-refractivity contribution in [2.75, 3.05) is 13.2 Å². The number of oxime groups is 1. The van der Waals surface area contributed by atoms with Gasteiger partial charge in [0.1, 0.15) is 0 Å². The highest BCUT2D eigenvalue weighted by atomic mass is 16.6.